The number of carbonyl (C=O) groups is 1. The molecule has 6 nitrogen and oxygen atoms in total. The molecule has 0 radical (unpaired) electrons. The Bertz CT molecular complexity index is 1080. The molecule has 2 aromatic carbocycles. The minimum Gasteiger partial charge on any atom is -0.489 e. The average Bonchev–Trinajstić information content (AvgIpc) is 2.81. The first-order chi connectivity index (χ1) is 16.3. The first kappa shape index (κ1) is 24.3. The highest BCUT2D eigenvalue weighted by Crippen LogP contribution is 2.34. The fraction of sp³-hybridized carbons (Fsp3) is 0.400. The zero-order valence-electron chi connectivity index (χ0n) is 18.7. The molecule has 1 saturated heterocycles. The maximum absolute atomic E-state index is 12.7. The molecule has 2 aliphatic rings. The van der Waals surface area contributed by atoms with E-state index in [9.17, 15) is 18.7 Å². The molecule has 2 heterocycles. The molecule has 0 spiro atoms. The summed E-state index contributed by atoms with van der Waals surface area (Å²) >= 11 is 6.17. The van der Waals surface area contributed by atoms with Crippen LogP contribution in [0.25, 0.3) is 6.08 Å². The Kier molecular flexibility index (Phi) is 7.28. The summed E-state index contributed by atoms with van der Waals surface area (Å²) in [6.45, 7) is 2.32. The van der Waals surface area contributed by atoms with Crippen LogP contribution in [0.3, 0.4) is 0 Å². The van der Waals surface area contributed by atoms with E-state index >= 15 is 0 Å². The molecule has 0 unspecified atom stereocenters. The number of likely N-dealkylation sites (tertiary alicyclic amines) is 1. The van der Waals surface area contributed by atoms with Gasteiger partial charge < -0.3 is 19.3 Å². The Balaban J connectivity index is 1.33. The van der Waals surface area contributed by atoms with Crippen LogP contribution < -0.4 is 14.2 Å². The number of carboxylic acids is 1. The summed E-state index contributed by atoms with van der Waals surface area (Å²) < 4.78 is 42.3. The molecule has 0 atom stereocenters. The van der Waals surface area contributed by atoms with Gasteiger partial charge in [-0.3, -0.25) is 9.69 Å². The smallest absolute Gasteiger partial charge is 0.311 e. The predicted octanol–water partition coefficient (Wildman–Crippen LogP) is 4.79. The molecule has 0 amide bonds. The van der Waals surface area contributed by atoms with E-state index in [2.05, 4.69) is 11.0 Å². The van der Waals surface area contributed by atoms with E-state index in [1.54, 1.807) is 25.1 Å². The van der Waals surface area contributed by atoms with Gasteiger partial charge in [0.2, 0.25) is 0 Å². The number of nitrogens with zero attached hydrogens (tertiary/aromatic N) is 1. The molecular weight excluding hydrogens is 468 g/mol. The largest absolute Gasteiger partial charge is 0.489 e. The van der Waals surface area contributed by atoms with E-state index < -0.39 is 30.8 Å². The summed E-state index contributed by atoms with van der Waals surface area (Å²) in [4.78, 5) is 13.4. The van der Waals surface area contributed by atoms with Gasteiger partial charge in [0.1, 0.15) is 43.8 Å². The Labute approximate surface area is 201 Å². The van der Waals surface area contributed by atoms with E-state index in [0.717, 1.165) is 16.7 Å². The molecule has 34 heavy (non-hydrogen) atoms. The number of rotatable bonds is 10. The summed E-state index contributed by atoms with van der Waals surface area (Å²) in [7, 11) is 0. The van der Waals surface area contributed by atoms with Crippen molar-refractivity contribution in [3.05, 3.63) is 58.1 Å². The number of alkyl halides is 2. The SMILES string of the molecule is CC1(C(=O)O)CN(CC2=Cc3ccc(OCc4ccc(OC(CF)CF)c(Cl)c4)cc3OC2)C1. The van der Waals surface area contributed by atoms with Crippen LogP contribution in [0, 0.1) is 5.41 Å². The van der Waals surface area contributed by atoms with Crippen LogP contribution in [-0.4, -0.2) is 61.7 Å². The molecule has 1 fully saturated rings. The maximum atomic E-state index is 12.7. The van der Waals surface area contributed by atoms with E-state index in [4.69, 9.17) is 25.8 Å². The van der Waals surface area contributed by atoms with Crippen LogP contribution in [0.5, 0.6) is 17.2 Å². The van der Waals surface area contributed by atoms with Crippen molar-refractivity contribution >= 4 is 23.6 Å². The lowest BCUT2D eigenvalue weighted by Gasteiger charge is -2.45. The Morgan fingerprint density at radius 1 is 1.24 bits per heavy atom. The second kappa shape index (κ2) is 10.2. The Hall–Kier alpha value is -2.84. The van der Waals surface area contributed by atoms with Gasteiger partial charge in [0.25, 0.3) is 0 Å². The topological polar surface area (TPSA) is 68.2 Å². The highest BCUT2D eigenvalue weighted by atomic mass is 35.5. The maximum Gasteiger partial charge on any atom is 0.311 e. The fourth-order valence-electron chi connectivity index (χ4n) is 4.03. The third-order valence-electron chi connectivity index (χ3n) is 5.89. The minimum absolute atomic E-state index is 0.223. The van der Waals surface area contributed by atoms with Crippen molar-refractivity contribution in [3.8, 4) is 17.2 Å². The number of carboxylic acid groups (broad SMARTS) is 1. The van der Waals surface area contributed by atoms with Gasteiger partial charge in [-0.15, -0.1) is 0 Å². The Morgan fingerprint density at radius 3 is 2.68 bits per heavy atom. The number of ether oxygens (including phenoxy) is 3. The lowest BCUT2D eigenvalue weighted by molar-refractivity contribution is -0.158. The van der Waals surface area contributed by atoms with Crippen LogP contribution in [0.1, 0.15) is 18.1 Å². The molecule has 2 aliphatic heterocycles. The summed E-state index contributed by atoms with van der Waals surface area (Å²) in [5.41, 5.74) is 2.14. The van der Waals surface area contributed by atoms with Crippen LogP contribution in [-0.2, 0) is 11.4 Å². The van der Waals surface area contributed by atoms with Crippen LogP contribution in [0.4, 0.5) is 8.78 Å². The van der Waals surface area contributed by atoms with Gasteiger partial charge in [-0.05, 0) is 48.4 Å². The summed E-state index contributed by atoms with van der Waals surface area (Å²) in [6.07, 6.45) is 0.903. The van der Waals surface area contributed by atoms with Crippen LogP contribution in [0.2, 0.25) is 5.02 Å². The van der Waals surface area contributed by atoms with Gasteiger partial charge in [0.05, 0.1) is 10.4 Å². The van der Waals surface area contributed by atoms with Gasteiger partial charge >= 0.3 is 5.97 Å². The van der Waals surface area contributed by atoms with Crippen molar-refractivity contribution in [1.82, 2.24) is 4.90 Å². The third kappa shape index (κ3) is 5.45. The van der Waals surface area contributed by atoms with Crippen molar-refractivity contribution in [3.63, 3.8) is 0 Å². The van der Waals surface area contributed by atoms with E-state index in [-0.39, 0.29) is 17.4 Å². The van der Waals surface area contributed by atoms with Crippen molar-refractivity contribution < 1.29 is 32.9 Å². The molecular formula is C25H26ClF2NO5. The second-order valence-corrected chi connectivity index (χ2v) is 9.31. The zero-order chi connectivity index (χ0) is 24.3. The molecule has 0 aromatic heterocycles. The molecule has 9 heteroatoms. The normalized spacial score (nSPS) is 16.8. The first-order valence-corrected chi connectivity index (χ1v) is 11.3. The van der Waals surface area contributed by atoms with E-state index in [1.165, 1.54) is 0 Å². The van der Waals surface area contributed by atoms with Crippen molar-refractivity contribution in [1.29, 1.82) is 0 Å². The van der Waals surface area contributed by atoms with Crippen molar-refractivity contribution in [2.45, 2.75) is 19.6 Å². The number of aliphatic carboxylic acids is 1. The van der Waals surface area contributed by atoms with Crippen molar-refractivity contribution in [2.75, 3.05) is 39.6 Å². The third-order valence-corrected chi connectivity index (χ3v) is 6.18. The molecule has 0 bridgehead atoms. The van der Waals surface area contributed by atoms with Gasteiger partial charge in [-0.25, -0.2) is 8.78 Å². The minimum atomic E-state index is -1.17. The van der Waals surface area contributed by atoms with E-state index in [1.807, 2.05) is 18.2 Å². The molecule has 0 saturated carbocycles. The van der Waals surface area contributed by atoms with Crippen LogP contribution >= 0.6 is 11.6 Å². The van der Waals surface area contributed by atoms with Gasteiger partial charge in [-0.2, -0.15) is 0 Å². The van der Waals surface area contributed by atoms with Gasteiger partial charge in [-0.1, -0.05) is 17.7 Å². The number of hydrogen-bond acceptors (Lipinski definition) is 5. The standard InChI is InChI=1S/C25H26ClF2NO5/c1-25(24(30)31)14-29(15-25)11-17-6-18-3-4-19(8-23(18)33-13-17)32-12-16-2-5-22(21(26)7-16)34-20(9-27)10-28/h2-8,20H,9-15H2,1H3,(H,30,31). The van der Waals surface area contributed by atoms with E-state index in [0.29, 0.717) is 37.7 Å². The fourth-order valence-corrected chi connectivity index (χ4v) is 4.27. The highest BCUT2D eigenvalue weighted by molar-refractivity contribution is 6.32. The number of fused-ring (bicyclic) bond motifs is 1. The van der Waals surface area contributed by atoms with Crippen LogP contribution in [0.15, 0.2) is 42.0 Å². The zero-order valence-corrected chi connectivity index (χ0v) is 19.5. The number of benzene rings is 2. The second-order valence-electron chi connectivity index (χ2n) is 8.90. The molecule has 4 rings (SSSR count). The number of halogens is 3. The van der Waals surface area contributed by atoms with Gasteiger partial charge in [0, 0.05) is 31.3 Å². The van der Waals surface area contributed by atoms with Gasteiger partial charge in [0.15, 0.2) is 6.10 Å². The summed E-state index contributed by atoms with van der Waals surface area (Å²) in [5.74, 6) is 0.804. The lowest BCUT2D eigenvalue weighted by atomic mass is 9.82. The summed E-state index contributed by atoms with van der Waals surface area (Å²) in [6, 6.07) is 10.5. The quantitative estimate of drug-likeness (QED) is 0.513. The predicted molar refractivity (Wildman–Crippen MR) is 124 cm³/mol. The summed E-state index contributed by atoms with van der Waals surface area (Å²) in [5, 5.41) is 9.50. The molecule has 2 aromatic rings. The molecule has 0 aliphatic carbocycles. The molecule has 1 N–H and O–H groups in total. The first-order valence-electron chi connectivity index (χ1n) is 10.9. The highest BCUT2D eigenvalue weighted by Gasteiger charge is 2.45. The monoisotopic (exact) mass is 493 g/mol. The Morgan fingerprint density at radius 2 is 2.00 bits per heavy atom. The lowest BCUT2D eigenvalue weighted by Crippen LogP contribution is -2.59. The van der Waals surface area contributed by atoms with Crippen molar-refractivity contribution in [2.24, 2.45) is 5.41 Å². The molecule has 182 valence electrons. The number of hydrogen-bond donors (Lipinski definition) is 1. The average molecular weight is 494 g/mol.